The van der Waals surface area contributed by atoms with Gasteiger partial charge in [-0.25, -0.2) is 14.6 Å². The Hall–Kier alpha value is -4.69. The Labute approximate surface area is 206 Å². The van der Waals surface area contributed by atoms with Gasteiger partial charge in [0.05, 0.1) is 53.1 Å². The lowest BCUT2D eigenvalue weighted by Gasteiger charge is -2.40. The van der Waals surface area contributed by atoms with E-state index >= 15 is 0 Å². The van der Waals surface area contributed by atoms with E-state index in [1.165, 1.54) is 0 Å². The van der Waals surface area contributed by atoms with Gasteiger partial charge in [0.1, 0.15) is 5.69 Å². The van der Waals surface area contributed by atoms with Gasteiger partial charge in [-0.05, 0) is 37.3 Å². The van der Waals surface area contributed by atoms with Gasteiger partial charge in [0.15, 0.2) is 0 Å². The Morgan fingerprint density at radius 1 is 1.14 bits per heavy atom. The second-order valence-corrected chi connectivity index (χ2v) is 8.71. The van der Waals surface area contributed by atoms with Crippen molar-refractivity contribution in [1.82, 2.24) is 34.8 Å². The van der Waals surface area contributed by atoms with Crippen LogP contribution in [-0.4, -0.2) is 59.0 Å². The number of nitrogen functional groups attached to an aromatic ring is 1. The van der Waals surface area contributed by atoms with Crippen LogP contribution in [0.5, 0.6) is 0 Å². The zero-order valence-electron chi connectivity index (χ0n) is 19.5. The number of likely N-dealkylation sites (tertiary alicyclic amines) is 1. The lowest BCUT2D eigenvalue weighted by molar-refractivity contribution is -0.148. The van der Waals surface area contributed by atoms with Crippen LogP contribution < -0.4 is 5.73 Å². The summed E-state index contributed by atoms with van der Waals surface area (Å²) in [5, 5.41) is 26.8. The predicted molar refractivity (Wildman–Crippen MR) is 130 cm³/mol. The number of pyridine rings is 1. The molecule has 0 aliphatic carbocycles. The molecule has 1 aliphatic heterocycles. The molecule has 36 heavy (non-hydrogen) atoms. The van der Waals surface area contributed by atoms with Crippen LogP contribution in [0.25, 0.3) is 22.6 Å². The number of aliphatic carboxylic acids is 1. The van der Waals surface area contributed by atoms with Gasteiger partial charge in [-0.2, -0.15) is 5.26 Å². The molecule has 0 amide bonds. The molecule has 1 unspecified atom stereocenters. The fraction of sp³-hybridized carbons (Fsp3) is 0.240. The number of hydrogen-bond donors (Lipinski definition) is 2. The average molecular weight is 482 g/mol. The lowest BCUT2D eigenvalue weighted by atomic mass is 9.97. The molecular weight excluding hydrogens is 458 g/mol. The number of nitriles is 1. The fourth-order valence-electron chi connectivity index (χ4n) is 4.14. The molecule has 0 bridgehead atoms. The van der Waals surface area contributed by atoms with Crippen LogP contribution in [0, 0.1) is 17.2 Å². The van der Waals surface area contributed by atoms with Crippen LogP contribution in [0.3, 0.4) is 0 Å². The molecule has 5 rings (SSSR count). The summed E-state index contributed by atoms with van der Waals surface area (Å²) in [5.74, 6) is -0.967. The van der Waals surface area contributed by atoms with E-state index in [1.807, 2.05) is 31.2 Å². The predicted octanol–water partition coefficient (Wildman–Crippen LogP) is 2.38. The number of rotatable bonds is 7. The molecule has 1 atom stereocenters. The topological polar surface area (TPSA) is 160 Å². The highest BCUT2D eigenvalue weighted by atomic mass is 16.4. The Balaban J connectivity index is 1.33. The van der Waals surface area contributed by atoms with E-state index < -0.39 is 5.97 Å². The van der Waals surface area contributed by atoms with Crippen LogP contribution in [0.1, 0.15) is 29.9 Å². The van der Waals surface area contributed by atoms with Crippen LogP contribution in [0.2, 0.25) is 0 Å². The van der Waals surface area contributed by atoms with E-state index in [1.54, 1.807) is 35.1 Å². The van der Waals surface area contributed by atoms with Gasteiger partial charge < -0.3 is 10.8 Å². The van der Waals surface area contributed by atoms with Crippen molar-refractivity contribution in [3.63, 3.8) is 0 Å². The zero-order chi connectivity index (χ0) is 25.2. The number of anilines is 1. The van der Waals surface area contributed by atoms with Crippen molar-refractivity contribution in [3.8, 4) is 28.7 Å². The quantitative estimate of drug-likeness (QED) is 0.401. The first-order valence-corrected chi connectivity index (χ1v) is 11.4. The molecule has 11 heteroatoms. The minimum atomic E-state index is -0.754. The average Bonchev–Trinajstić information content (AvgIpc) is 3.31. The third-order valence-corrected chi connectivity index (χ3v) is 6.22. The Bertz CT molecular complexity index is 1470. The third kappa shape index (κ3) is 4.75. The molecule has 1 aliphatic rings. The molecule has 4 aromatic rings. The number of nitrogens with zero attached hydrogens (tertiary/aromatic N) is 8. The molecule has 0 saturated carbocycles. The second kappa shape index (κ2) is 9.52. The molecular formula is C25H23N9O2. The van der Waals surface area contributed by atoms with Gasteiger partial charge in [0.25, 0.3) is 0 Å². The van der Waals surface area contributed by atoms with Crippen LogP contribution in [-0.2, 0) is 11.3 Å². The van der Waals surface area contributed by atoms with Crippen molar-refractivity contribution in [3.05, 3.63) is 71.7 Å². The number of hydrogen-bond acceptors (Lipinski definition) is 9. The summed E-state index contributed by atoms with van der Waals surface area (Å²) in [4.78, 5) is 26.6. The molecule has 3 N–H and O–H groups in total. The van der Waals surface area contributed by atoms with Gasteiger partial charge in [0.2, 0.25) is 5.95 Å². The zero-order valence-corrected chi connectivity index (χ0v) is 19.5. The van der Waals surface area contributed by atoms with Crippen molar-refractivity contribution < 1.29 is 9.90 Å². The molecule has 1 saturated heterocycles. The number of benzene rings is 1. The van der Waals surface area contributed by atoms with E-state index in [-0.39, 0.29) is 17.9 Å². The van der Waals surface area contributed by atoms with Gasteiger partial charge >= 0.3 is 5.97 Å². The smallest absolute Gasteiger partial charge is 0.309 e. The first-order chi connectivity index (χ1) is 17.4. The maximum absolute atomic E-state index is 11.1. The Morgan fingerprint density at radius 2 is 1.92 bits per heavy atom. The summed E-state index contributed by atoms with van der Waals surface area (Å²) in [6.07, 6.45) is 1.77. The van der Waals surface area contributed by atoms with Gasteiger partial charge in [-0.15, -0.1) is 5.10 Å². The van der Waals surface area contributed by atoms with Crippen molar-refractivity contribution in [1.29, 1.82) is 5.26 Å². The largest absolute Gasteiger partial charge is 0.481 e. The highest BCUT2D eigenvalue weighted by Gasteiger charge is 2.36. The molecule has 1 aromatic carbocycles. The number of aromatic nitrogens is 6. The normalized spacial score (nSPS) is 14.7. The summed E-state index contributed by atoms with van der Waals surface area (Å²) in [6.45, 7) is 3.49. The fourth-order valence-corrected chi connectivity index (χ4v) is 4.14. The Morgan fingerprint density at radius 3 is 2.69 bits per heavy atom. The molecule has 4 heterocycles. The first-order valence-electron chi connectivity index (χ1n) is 11.4. The first kappa shape index (κ1) is 23.1. The third-order valence-electron chi connectivity index (χ3n) is 6.22. The minimum Gasteiger partial charge on any atom is -0.481 e. The van der Waals surface area contributed by atoms with Crippen molar-refractivity contribution in [2.75, 3.05) is 18.8 Å². The molecule has 180 valence electrons. The summed E-state index contributed by atoms with van der Waals surface area (Å²) in [5.41, 5.74) is 10.6. The number of carboxylic acids is 1. The second-order valence-electron chi connectivity index (χ2n) is 8.71. The van der Waals surface area contributed by atoms with E-state index in [2.05, 4.69) is 31.2 Å². The summed E-state index contributed by atoms with van der Waals surface area (Å²) in [6, 6.07) is 16.8. The number of nitrogens with two attached hydrogens (primary N) is 1. The Kier molecular flexibility index (Phi) is 6.10. The maximum atomic E-state index is 11.1. The molecule has 11 nitrogen and oxygen atoms in total. The van der Waals surface area contributed by atoms with Gasteiger partial charge in [-0.1, -0.05) is 23.4 Å². The summed E-state index contributed by atoms with van der Waals surface area (Å²) < 4.78 is 1.67. The minimum absolute atomic E-state index is 0.0220. The standard InChI is InChI=1S/C25H23N9O2/c1-15(33-11-18(12-33)24(35)36)20-7-3-6-19(28-20)13-34-14-23(31-32-34)22-9-21(29-25(27)30-22)17-5-2-4-16(8-17)10-26/h2-9,14-15,18H,11-13H2,1H3,(H,35,36)(H2,27,29,30). The van der Waals surface area contributed by atoms with Crippen LogP contribution in [0.15, 0.2) is 54.7 Å². The van der Waals surface area contributed by atoms with E-state index in [4.69, 9.17) is 15.8 Å². The molecule has 0 spiro atoms. The molecule has 0 radical (unpaired) electrons. The number of carbonyl (C=O) groups is 1. The SMILES string of the molecule is CC(c1cccc(Cn2cc(-c3cc(-c4cccc(C#N)c4)nc(N)n3)nn2)n1)N1CC(C(=O)O)C1. The van der Waals surface area contributed by atoms with Crippen LogP contribution >= 0.6 is 0 Å². The van der Waals surface area contributed by atoms with Gasteiger partial charge in [-0.3, -0.25) is 14.7 Å². The van der Waals surface area contributed by atoms with Gasteiger partial charge in [0, 0.05) is 24.7 Å². The summed E-state index contributed by atoms with van der Waals surface area (Å²) >= 11 is 0. The van der Waals surface area contributed by atoms with E-state index in [9.17, 15) is 10.1 Å². The lowest BCUT2D eigenvalue weighted by Crippen LogP contribution is -2.51. The highest BCUT2D eigenvalue weighted by molar-refractivity contribution is 5.71. The number of carboxylic acid groups (broad SMARTS) is 1. The van der Waals surface area contributed by atoms with Crippen LogP contribution in [0.4, 0.5) is 5.95 Å². The van der Waals surface area contributed by atoms with Crippen molar-refractivity contribution >= 4 is 11.9 Å². The molecule has 3 aromatic heterocycles. The van der Waals surface area contributed by atoms with E-state index in [0.29, 0.717) is 42.3 Å². The highest BCUT2D eigenvalue weighted by Crippen LogP contribution is 2.28. The van der Waals surface area contributed by atoms with Crippen molar-refractivity contribution in [2.24, 2.45) is 5.92 Å². The summed E-state index contributed by atoms with van der Waals surface area (Å²) in [7, 11) is 0. The molecule has 1 fully saturated rings. The maximum Gasteiger partial charge on any atom is 0.309 e. The van der Waals surface area contributed by atoms with Crippen molar-refractivity contribution in [2.45, 2.75) is 19.5 Å². The monoisotopic (exact) mass is 481 g/mol. The van der Waals surface area contributed by atoms with E-state index in [0.717, 1.165) is 17.0 Å².